The minimum atomic E-state index is -0.834. The molecule has 2 aliphatic rings. The number of halogens is 1. The van der Waals surface area contributed by atoms with Gasteiger partial charge in [-0.2, -0.15) is 0 Å². The Labute approximate surface area is 216 Å². The van der Waals surface area contributed by atoms with Crippen LogP contribution in [0.2, 0.25) is 0 Å². The fourth-order valence-corrected chi connectivity index (χ4v) is 5.66. The molecule has 0 aliphatic carbocycles. The van der Waals surface area contributed by atoms with Crippen molar-refractivity contribution in [1.29, 1.82) is 0 Å². The summed E-state index contributed by atoms with van der Waals surface area (Å²) in [6.45, 7) is 13.7. The number of amides is 1. The molecular formula is C29H46FN3O3. The van der Waals surface area contributed by atoms with Crippen LogP contribution in [0.4, 0.5) is 4.39 Å². The topological polar surface area (TPSA) is 61.9 Å². The summed E-state index contributed by atoms with van der Waals surface area (Å²) >= 11 is 0. The molecule has 1 aromatic carbocycles. The van der Waals surface area contributed by atoms with E-state index in [1.54, 1.807) is 0 Å². The summed E-state index contributed by atoms with van der Waals surface area (Å²) in [6.07, 6.45) is 2.34. The minimum absolute atomic E-state index is 0.00941. The second-order valence-corrected chi connectivity index (χ2v) is 11.9. The average Bonchev–Trinajstić information content (AvgIpc) is 3.10. The van der Waals surface area contributed by atoms with Gasteiger partial charge in [0.15, 0.2) is 0 Å². The predicted molar refractivity (Wildman–Crippen MR) is 141 cm³/mol. The van der Waals surface area contributed by atoms with Crippen LogP contribution in [0.25, 0.3) is 0 Å². The molecule has 202 valence electrons. The number of esters is 1. The number of alkyl halides is 1. The lowest BCUT2D eigenvalue weighted by molar-refractivity contribution is -0.161. The summed E-state index contributed by atoms with van der Waals surface area (Å²) in [7, 11) is 0. The lowest BCUT2D eigenvalue weighted by atomic mass is 9.75. The van der Waals surface area contributed by atoms with Crippen LogP contribution < -0.4 is 5.32 Å². The van der Waals surface area contributed by atoms with Crippen LogP contribution in [-0.2, 0) is 20.9 Å². The van der Waals surface area contributed by atoms with Crippen molar-refractivity contribution in [3.63, 3.8) is 0 Å². The number of rotatable bonds is 10. The van der Waals surface area contributed by atoms with Crippen molar-refractivity contribution in [3.05, 3.63) is 35.9 Å². The molecule has 36 heavy (non-hydrogen) atoms. The van der Waals surface area contributed by atoms with Gasteiger partial charge in [0.05, 0.1) is 11.8 Å². The molecule has 0 radical (unpaired) electrons. The van der Waals surface area contributed by atoms with E-state index in [4.69, 9.17) is 4.74 Å². The van der Waals surface area contributed by atoms with E-state index in [0.29, 0.717) is 19.5 Å². The highest BCUT2D eigenvalue weighted by Gasteiger charge is 2.52. The molecule has 0 aromatic heterocycles. The summed E-state index contributed by atoms with van der Waals surface area (Å²) in [4.78, 5) is 31.3. The van der Waals surface area contributed by atoms with Crippen molar-refractivity contribution in [3.8, 4) is 0 Å². The number of hydrogen-bond donors (Lipinski definition) is 1. The van der Waals surface area contributed by atoms with Crippen molar-refractivity contribution >= 4 is 11.9 Å². The van der Waals surface area contributed by atoms with Crippen molar-refractivity contribution in [2.45, 2.75) is 91.1 Å². The molecule has 0 bridgehead atoms. The molecule has 3 rings (SSSR count). The van der Waals surface area contributed by atoms with Gasteiger partial charge >= 0.3 is 5.97 Å². The Hall–Kier alpha value is -1.99. The monoisotopic (exact) mass is 503 g/mol. The van der Waals surface area contributed by atoms with Gasteiger partial charge in [0.1, 0.15) is 11.8 Å². The Balaban J connectivity index is 1.67. The third-order valence-corrected chi connectivity index (χ3v) is 7.54. The first-order valence-electron chi connectivity index (χ1n) is 13.7. The van der Waals surface area contributed by atoms with Crippen LogP contribution in [-0.4, -0.2) is 72.2 Å². The quantitative estimate of drug-likeness (QED) is 0.474. The van der Waals surface area contributed by atoms with Crippen LogP contribution in [0.1, 0.15) is 72.3 Å². The number of hydrogen-bond acceptors (Lipinski definition) is 5. The Bertz CT molecular complexity index is 851. The summed E-state index contributed by atoms with van der Waals surface area (Å²) in [5, 5.41) is 3.29. The lowest BCUT2D eigenvalue weighted by Crippen LogP contribution is -2.53. The molecule has 0 spiro atoms. The fraction of sp³-hybridized carbons (Fsp3) is 0.724. The zero-order valence-corrected chi connectivity index (χ0v) is 22.9. The van der Waals surface area contributed by atoms with E-state index in [-0.39, 0.29) is 30.3 Å². The van der Waals surface area contributed by atoms with Gasteiger partial charge in [0.2, 0.25) is 5.91 Å². The van der Waals surface area contributed by atoms with Gasteiger partial charge in [-0.15, -0.1) is 0 Å². The maximum absolute atomic E-state index is 14.1. The molecule has 1 amide bonds. The highest BCUT2D eigenvalue weighted by Crippen LogP contribution is 2.41. The number of ether oxygens (including phenoxy) is 1. The third kappa shape index (κ3) is 8.01. The molecule has 2 saturated heterocycles. The summed E-state index contributed by atoms with van der Waals surface area (Å²) in [5.74, 6) is -0.370. The van der Waals surface area contributed by atoms with E-state index in [1.807, 2.05) is 45.9 Å². The van der Waals surface area contributed by atoms with Gasteiger partial charge in [-0.1, -0.05) is 50.6 Å². The van der Waals surface area contributed by atoms with Crippen LogP contribution in [0.15, 0.2) is 30.3 Å². The van der Waals surface area contributed by atoms with E-state index in [0.717, 1.165) is 45.4 Å². The molecule has 3 atom stereocenters. The average molecular weight is 504 g/mol. The molecular weight excluding hydrogens is 457 g/mol. The third-order valence-electron chi connectivity index (χ3n) is 7.54. The van der Waals surface area contributed by atoms with Gasteiger partial charge in [0, 0.05) is 45.3 Å². The zero-order chi connectivity index (χ0) is 26.3. The van der Waals surface area contributed by atoms with Crippen LogP contribution >= 0.6 is 0 Å². The maximum atomic E-state index is 14.1. The molecule has 2 fully saturated rings. The Morgan fingerprint density at radius 3 is 2.44 bits per heavy atom. The SMILES string of the molecule is CCCC(F)CN1CCC(NC(=O)[C@@]2(CC(=O)OC(C)(C)C)CN(Cc3ccccc3)C[C@@H]2C)CC1. The highest BCUT2D eigenvalue weighted by molar-refractivity contribution is 5.88. The fourth-order valence-electron chi connectivity index (χ4n) is 5.66. The number of nitrogens with zero attached hydrogens (tertiary/aromatic N) is 2. The summed E-state index contributed by atoms with van der Waals surface area (Å²) < 4.78 is 19.7. The van der Waals surface area contributed by atoms with E-state index in [9.17, 15) is 14.0 Å². The number of benzene rings is 1. The second kappa shape index (κ2) is 12.5. The maximum Gasteiger partial charge on any atom is 0.307 e. The first kappa shape index (κ1) is 28.6. The Kier molecular flexibility index (Phi) is 9.93. The Morgan fingerprint density at radius 1 is 1.17 bits per heavy atom. The Morgan fingerprint density at radius 2 is 1.83 bits per heavy atom. The van der Waals surface area contributed by atoms with E-state index < -0.39 is 17.2 Å². The highest BCUT2D eigenvalue weighted by atomic mass is 19.1. The predicted octanol–water partition coefficient (Wildman–Crippen LogP) is 4.58. The van der Waals surface area contributed by atoms with E-state index >= 15 is 0 Å². The van der Waals surface area contributed by atoms with Crippen molar-refractivity contribution in [2.75, 3.05) is 32.7 Å². The van der Waals surface area contributed by atoms with Crippen LogP contribution in [0.3, 0.4) is 0 Å². The smallest absolute Gasteiger partial charge is 0.307 e. The van der Waals surface area contributed by atoms with Crippen LogP contribution in [0, 0.1) is 11.3 Å². The minimum Gasteiger partial charge on any atom is -0.460 e. The number of carbonyl (C=O) groups excluding carboxylic acids is 2. The summed E-state index contributed by atoms with van der Waals surface area (Å²) in [5.41, 5.74) is -0.238. The van der Waals surface area contributed by atoms with Crippen molar-refractivity contribution in [2.24, 2.45) is 11.3 Å². The van der Waals surface area contributed by atoms with Crippen molar-refractivity contribution in [1.82, 2.24) is 15.1 Å². The number of carbonyl (C=O) groups is 2. The van der Waals surface area contributed by atoms with Crippen LogP contribution in [0.5, 0.6) is 0 Å². The normalized spacial score (nSPS) is 25.0. The van der Waals surface area contributed by atoms with Gasteiger partial charge in [-0.3, -0.25) is 14.5 Å². The van der Waals surface area contributed by atoms with E-state index in [2.05, 4.69) is 34.2 Å². The van der Waals surface area contributed by atoms with Crippen molar-refractivity contribution < 1.29 is 18.7 Å². The molecule has 2 heterocycles. The molecule has 1 aromatic rings. The molecule has 0 saturated carbocycles. The number of likely N-dealkylation sites (tertiary alicyclic amines) is 2. The standard InChI is InChI=1S/C29H46FN3O3/c1-6-10-24(30)20-32-15-13-25(14-16-32)31-27(35)29(17-26(34)36-28(3,4)5)21-33(18-22(29)2)19-23-11-8-7-9-12-23/h7-9,11-12,22,24-25H,6,10,13-21H2,1-5H3,(H,31,35)/t22-,24?,29-/m0/s1. The number of nitrogens with one attached hydrogen (secondary N) is 1. The first-order chi connectivity index (χ1) is 17.0. The van der Waals surface area contributed by atoms with E-state index in [1.165, 1.54) is 5.56 Å². The largest absolute Gasteiger partial charge is 0.460 e. The molecule has 1 N–H and O–H groups in total. The van der Waals surface area contributed by atoms with Gasteiger partial charge in [-0.25, -0.2) is 4.39 Å². The molecule has 7 heteroatoms. The molecule has 6 nitrogen and oxygen atoms in total. The lowest BCUT2D eigenvalue weighted by Gasteiger charge is -2.37. The van der Waals surface area contributed by atoms with Gasteiger partial charge < -0.3 is 15.0 Å². The molecule has 1 unspecified atom stereocenters. The summed E-state index contributed by atoms with van der Waals surface area (Å²) in [6, 6.07) is 10.3. The van der Waals surface area contributed by atoms with Gasteiger partial charge in [0.25, 0.3) is 0 Å². The molecule has 2 aliphatic heterocycles. The number of piperidine rings is 1. The second-order valence-electron chi connectivity index (χ2n) is 11.9. The zero-order valence-electron chi connectivity index (χ0n) is 22.9. The first-order valence-corrected chi connectivity index (χ1v) is 13.7. The van der Waals surface area contributed by atoms with Gasteiger partial charge in [-0.05, 0) is 51.5 Å².